The van der Waals surface area contributed by atoms with Crippen molar-refractivity contribution in [3.8, 4) is 0 Å². The van der Waals surface area contributed by atoms with Crippen LogP contribution in [-0.2, 0) is 11.8 Å². The van der Waals surface area contributed by atoms with Crippen LogP contribution in [0.3, 0.4) is 0 Å². The third-order valence-corrected chi connectivity index (χ3v) is 5.20. The van der Waals surface area contributed by atoms with E-state index in [2.05, 4.69) is 25.9 Å². The lowest BCUT2D eigenvalue weighted by molar-refractivity contribution is -0.115. The van der Waals surface area contributed by atoms with Gasteiger partial charge in [0.15, 0.2) is 4.34 Å². The molecule has 0 unspecified atom stereocenters. The summed E-state index contributed by atoms with van der Waals surface area (Å²) < 4.78 is 2.54. The van der Waals surface area contributed by atoms with Crippen LogP contribution in [0.5, 0.6) is 0 Å². The number of anilines is 2. The van der Waals surface area contributed by atoms with Crippen molar-refractivity contribution in [1.29, 1.82) is 0 Å². The normalized spacial score (nSPS) is 12.2. The van der Waals surface area contributed by atoms with Crippen LogP contribution in [0, 0.1) is 13.8 Å². The van der Waals surface area contributed by atoms with E-state index in [-0.39, 0.29) is 11.2 Å². The molecular weight excluding hydrogens is 320 g/mol. The molecule has 120 valence electrons. The molecule has 7 nitrogen and oxygen atoms in total. The van der Waals surface area contributed by atoms with E-state index in [1.165, 1.54) is 23.1 Å². The number of hydrogen-bond donors (Lipinski definition) is 2. The highest BCUT2D eigenvalue weighted by molar-refractivity contribution is 8.02. The Hall–Kier alpha value is -1.61. The van der Waals surface area contributed by atoms with Crippen LogP contribution in [0.1, 0.15) is 25.2 Å². The molecule has 0 aliphatic heterocycles. The largest absolute Gasteiger partial charge is 0.360 e. The summed E-state index contributed by atoms with van der Waals surface area (Å²) in [6.07, 6.45) is 0. The number of amides is 1. The predicted molar refractivity (Wildman–Crippen MR) is 90.7 cm³/mol. The Morgan fingerprint density at radius 3 is 2.73 bits per heavy atom. The van der Waals surface area contributed by atoms with Crippen LogP contribution >= 0.6 is 23.1 Å². The van der Waals surface area contributed by atoms with Gasteiger partial charge in [-0.25, -0.2) is 0 Å². The summed E-state index contributed by atoms with van der Waals surface area (Å²) in [5.74, 6) is -0.0654. The first-order valence-corrected chi connectivity index (χ1v) is 8.67. The van der Waals surface area contributed by atoms with Crippen LogP contribution in [0.4, 0.5) is 10.8 Å². The summed E-state index contributed by atoms with van der Waals surface area (Å²) in [5.41, 5.74) is 2.54. The van der Waals surface area contributed by atoms with Crippen LogP contribution in [-0.4, -0.2) is 37.7 Å². The fourth-order valence-corrected chi connectivity index (χ4v) is 3.83. The zero-order valence-corrected chi connectivity index (χ0v) is 14.9. The van der Waals surface area contributed by atoms with E-state index >= 15 is 0 Å². The van der Waals surface area contributed by atoms with Crippen molar-refractivity contribution in [2.75, 3.05) is 17.2 Å². The zero-order chi connectivity index (χ0) is 16.3. The highest BCUT2D eigenvalue weighted by Gasteiger charge is 2.20. The second-order valence-electron chi connectivity index (χ2n) is 4.82. The molecule has 0 saturated carbocycles. The van der Waals surface area contributed by atoms with Gasteiger partial charge in [-0.15, -0.1) is 10.2 Å². The molecule has 2 N–H and O–H groups in total. The van der Waals surface area contributed by atoms with Crippen molar-refractivity contribution in [1.82, 2.24) is 20.0 Å². The average Bonchev–Trinajstić information content (AvgIpc) is 2.99. The second-order valence-corrected chi connectivity index (χ2v) is 7.39. The van der Waals surface area contributed by atoms with Gasteiger partial charge in [-0.05, 0) is 27.7 Å². The highest BCUT2D eigenvalue weighted by atomic mass is 32.2. The molecule has 9 heteroatoms. The molecule has 22 heavy (non-hydrogen) atoms. The SMILES string of the molecule is CCNc1nnc(S[C@@H](C)C(=O)Nc2c(C)nn(C)c2C)s1. The van der Waals surface area contributed by atoms with Crippen molar-refractivity contribution in [3.63, 3.8) is 0 Å². The van der Waals surface area contributed by atoms with Crippen molar-refractivity contribution < 1.29 is 4.79 Å². The van der Waals surface area contributed by atoms with Crippen molar-refractivity contribution in [2.45, 2.75) is 37.3 Å². The molecule has 0 radical (unpaired) electrons. The molecule has 0 fully saturated rings. The fraction of sp³-hybridized carbons (Fsp3) is 0.538. The van der Waals surface area contributed by atoms with Crippen molar-refractivity contribution >= 4 is 39.8 Å². The molecule has 0 spiro atoms. The molecule has 0 bridgehead atoms. The number of carbonyl (C=O) groups excluding carboxylic acids is 1. The Kier molecular flexibility index (Phi) is 5.41. The van der Waals surface area contributed by atoms with Crippen LogP contribution < -0.4 is 10.6 Å². The quantitative estimate of drug-likeness (QED) is 0.786. The van der Waals surface area contributed by atoms with E-state index in [4.69, 9.17) is 0 Å². The first-order chi connectivity index (χ1) is 10.4. The lowest BCUT2D eigenvalue weighted by atomic mass is 10.3. The Morgan fingerprint density at radius 2 is 2.14 bits per heavy atom. The highest BCUT2D eigenvalue weighted by Crippen LogP contribution is 2.29. The Bertz CT molecular complexity index is 666. The number of rotatable bonds is 6. The summed E-state index contributed by atoms with van der Waals surface area (Å²) in [5, 5.41) is 19.0. The first kappa shape index (κ1) is 16.8. The number of thioether (sulfide) groups is 1. The van der Waals surface area contributed by atoms with Crippen LogP contribution in [0.2, 0.25) is 0 Å². The number of nitrogens with one attached hydrogen (secondary N) is 2. The Balaban J connectivity index is 1.99. The van der Waals surface area contributed by atoms with E-state index in [1.54, 1.807) is 4.68 Å². The van der Waals surface area contributed by atoms with Gasteiger partial charge in [0.05, 0.1) is 22.3 Å². The molecule has 2 aromatic heterocycles. The summed E-state index contributed by atoms with van der Waals surface area (Å²) >= 11 is 2.85. The molecule has 0 aromatic carbocycles. The minimum absolute atomic E-state index is 0.0654. The third kappa shape index (κ3) is 3.77. The minimum Gasteiger partial charge on any atom is -0.360 e. The third-order valence-electron chi connectivity index (χ3n) is 3.14. The minimum atomic E-state index is -0.263. The molecule has 0 aliphatic carbocycles. The van der Waals surface area contributed by atoms with E-state index in [9.17, 15) is 4.79 Å². The molecule has 1 atom stereocenters. The summed E-state index contributed by atoms with van der Waals surface area (Å²) in [6, 6.07) is 0. The van der Waals surface area contributed by atoms with E-state index in [1.807, 2.05) is 34.7 Å². The summed E-state index contributed by atoms with van der Waals surface area (Å²) in [4.78, 5) is 12.3. The monoisotopic (exact) mass is 340 g/mol. The van der Waals surface area contributed by atoms with E-state index < -0.39 is 0 Å². The molecular formula is C13H20N6OS2. The second kappa shape index (κ2) is 7.10. The Morgan fingerprint density at radius 1 is 1.41 bits per heavy atom. The maximum atomic E-state index is 12.3. The molecule has 2 aromatic rings. The maximum absolute atomic E-state index is 12.3. The number of carbonyl (C=O) groups is 1. The van der Waals surface area contributed by atoms with Crippen LogP contribution in [0.25, 0.3) is 0 Å². The van der Waals surface area contributed by atoms with E-state index in [0.717, 1.165) is 33.1 Å². The zero-order valence-electron chi connectivity index (χ0n) is 13.3. The molecule has 0 saturated heterocycles. The molecule has 0 aliphatic rings. The number of aryl methyl sites for hydroxylation is 2. The smallest absolute Gasteiger partial charge is 0.237 e. The molecule has 2 rings (SSSR count). The fourth-order valence-electron chi connectivity index (χ4n) is 1.86. The predicted octanol–water partition coefficient (Wildman–Crippen LogP) is 2.44. The van der Waals surface area contributed by atoms with Gasteiger partial charge in [-0.3, -0.25) is 9.48 Å². The number of hydrogen-bond acceptors (Lipinski definition) is 7. The topological polar surface area (TPSA) is 84.7 Å². The Labute approximate surface area is 137 Å². The van der Waals surface area contributed by atoms with Gasteiger partial charge in [0.2, 0.25) is 11.0 Å². The molecule has 1 amide bonds. The van der Waals surface area contributed by atoms with E-state index in [0.29, 0.717) is 0 Å². The van der Waals surface area contributed by atoms with Crippen molar-refractivity contribution in [3.05, 3.63) is 11.4 Å². The van der Waals surface area contributed by atoms with Gasteiger partial charge >= 0.3 is 0 Å². The first-order valence-electron chi connectivity index (χ1n) is 6.97. The summed E-state index contributed by atoms with van der Waals surface area (Å²) in [6.45, 7) is 8.47. The van der Waals surface area contributed by atoms with Crippen molar-refractivity contribution in [2.24, 2.45) is 7.05 Å². The lowest BCUT2D eigenvalue weighted by Gasteiger charge is -2.10. The molecule has 2 heterocycles. The van der Waals surface area contributed by atoms with Gasteiger partial charge < -0.3 is 10.6 Å². The van der Waals surface area contributed by atoms with Gasteiger partial charge in [-0.2, -0.15) is 5.10 Å². The standard InChI is InChI=1S/C13H20N6OS2/c1-6-14-12-16-17-13(22-12)21-9(4)11(20)15-10-7(2)18-19(5)8(10)3/h9H,6H2,1-5H3,(H,14,16)(H,15,20)/t9-/m0/s1. The van der Waals surface area contributed by atoms with Gasteiger partial charge in [-0.1, -0.05) is 23.1 Å². The van der Waals surface area contributed by atoms with Gasteiger partial charge in [0, 0.05) is 13.6 Å². The van der Waals surface area contributed by atoms with Gasteiger partial charge in [0.1, 0.15) is 0 Å². The van der Waals surface area contributed by atoms with Gasteiger partial charge in [0.25, 0.3) is 0 Å². The lowest BCUT2D eigenvalue weighted by Crippen LogP contribution is -2.23. The van der Waals surface area contributed by atoms with Crippen LogP contribution in [0.15, 0.2) is 4.34 Å². The number of nitrogens with zero attached hydrogens (tertiary/aromatic N) is 4. The number of aromatic nitrogens is 4. The summed E-state index contributed by atoms with van der Waals surface area (Å²) in [7, 11) is 1.86. The maximum Gasteiger partial charge on any atom is 0.237 e. The average molecular weight is 340 g/mol.